The number of non-ortho nitro benzene ring substituents is 1. The molecule has 0 aliphatic rings. The highest BCUT2D eigenvalue weighted by atomic mass is 16.6. The summed E-state index contributed by atoms with van der Waals surface area (Å²) in [6, 6.07) is 11.3. The Morgan fingerprint density at radius 1 is 1.19 bits per heavy atom. The average molecular weight is 285 g/mol. The predicted octanol–water partition coefficient (Wildman–Crippen LogP) is 3.12. The lowest BCUT2D eigenvalue weighted by atomic mass is 10.2. The summed E-state index contributed by atoms with van der Waals surface area (Å²) in [5.74, 6) is -0.0470. The second-order valence-corrected chi connectivity index (χ2v) is 4.67. The first kappa shape index (κ1) is 14.5. The highest BCUT2D eigenvalue weighted by Gasteiger charge is 2.08. The molecule has 0 bridgehead atoms. The van der Waals surface area contributed by atoms with Gasteiger partial charge in [-0.25, -0.2) is 0 Å². The van der Waals surface area contributed by atoms with Gasteiger partial charge in [-0.05, 0) is 30.3 Å². The summed E-state index contributed by atoms with van der Waals surface area (Å²) in [5.41, 5.74) is 1.97. The SMILES string of the molecule is CN(C)c1ccc(N=Cc2cc([N+](=O)[O-])ccc2O)cc1. The van der Waals surface area contributed by atoms with Gasteiger partial charge in [-0.15, -0.1) is 0 Å². The third-order valence-corrected chi connectivity index (χ3v) is 2.94. The van der Waals surface area contributed by atoms with E-state index < -0.39 is 4.92 Å². The molecular formula is C15H15N3O3. The van der Waals surface area contributed by atoms with Crippen molar-refractivity contribution in [3.8, 4) is 5.75 Å². The molecule has 0 fully saturated rings. The van der Waals surface area contributed by atoms with Crippen LogP contribution in [0.4, 0.5) is 17.1 Å². The summed E-state index contributed by atoms with van der Waals surface area (Å²) < 4.78 is 0. The van der Waals surface area contributed by atoms with Gasteiger partial charge in [-0.1, -0.05) is 0 Å². The largest absolute Gasteiger partial charge is 0.507 e. The molecule has 0 heterocycles. The van der Waals surface area contributed by atoms with Crippen LogP contribution in [0.15, 0.2) is 47.5 Å². The minimum atomic E-state index is -0.511. The molecule has 0 atom stereocenters. The van der Waals surface area contributed by atoms with Crippen LogP contribution in [0.1, 0.15) is 5.56 Å². The van der Waals surface area contributed by atoms with E-state index in [0.29, 0.717) is 11.3 Å². The summed E-state index contributed by atoms with van der Waals surface area (Å²) in [4.78, 5) is 16.4. The first-order valence-electron chi connectivity index (χ1n) is 6.26. The summed E-state index contributed by atoms with van der Waals surface area (Å²) in [6.07, 6.45) is 1.41. The van der Waals surface area contributed by atoms with Gasteiger partial charge in [-0.3, -0.25) is 15.1 Å². The van der Waals surface area contributed by atoms with E-state index in [1.54, 1.807) is 0 Å². The lowest BCUT2D eigenvalue weighted by molar-refractivity contribution is -0.384. The second kappa shape index (κ2) is 6.04. The molecule has 0 radical (unpaired) electrons. The van der Waals surface area contributed by atoms with Crippen molar-refractivity contribution in [1.29, 1.82) is 0 Å². The normalized spacial score (nSPS) is 10.8. The molecule has 2 aromatic rings. The maximum Gasteiger partial charge on any atom is 0.270 e. The number of phenols is 1. The van der Waals surface area contributed by atoms with Gasteiger partial charge in [0.1, 0.15) is 5.75 Å². The Hall–Kier alpha value is -2.89. The molecular weight excluding hydrogens is 270 g/mol. The number of aromatic hydroxyl groups is 1. The summed E-state index contributed by atoms with van der Waals surface area (Å²) in [5, 5.41) is 20.4. The Kier molecular flexibility index (Phi) is 4.18. The van der Waals surface area contributed by atoms with E-state index in [2.05, 4.69) is 4.99 Å². The van der Waals surface area contributed by atoms with Crippen molar-refractivity contribution < 1.29 is 10.0 Å². The fourth-order valence-electron chi connectivity index (χ4n) is 1.74. The maximum atomic E-state index is 10.7. The molecule has 6 heteroatoms. The summed E-state index contributed by atoms with van der Waals surface area (Å²) in [6.45, 7) is 0. The van der Waals surface area contributed by atoms with Gasteiger partial charge in [0, 0.05) is 43.7 Å². The number of hydrogen-bond donors (Lipinski definition) is 1. The molecule has 0 aliphatic carbocycles. The molecule has 108 valence electrons. The van der Waals surface area contributed by atoms with Crippen LogP contribution in [-0.2, 0) is 0 Å². The number of phenolic OH excluding ortho intramolecular Hbond substituents is 1. The number of nitro benzene ring substituents is 1. The van der Waals surface area contributed by atoms with Crippen LogP contribution < -0.4 is 4.90 Å². The maximum absolute atomic E-state index is 10.7. The van der Waals surface area contributed by atoms with E-state index in [9.17, 15) is 15.2 Å². The Morgan fingerprint density at radius 2 is 1.86 bits per heavy atom. The topological polar surface area (TPSA) is 79.0 Å². The van der Waals surface area contributed by atoms with Crippen LogP contribution in [-0.4, -0.2) is 30.3 Å². The highest BCUT2D eigenvalue weighted by molar-refractivity contribution is 5.86. The van der Waals surface area contributed by atoms with Gasteiger partial charge in [0.15, 0.2) is 0 Å². The van der Waals surface area contributed by atoms with Gasteiger partial charge < -0.3 is 10.0 Å². The van der Waals surface area contributed by atoms with Gasteiger partial charge in [-0.2, -0.15) is 0 Å². The average Bonchev–Trinajstić information content (AvgIpc) is 2.46. The van der Waals surface area contributed by atoms with Crippen molar-refractivity contribution in [2.75, 3.05) is 19.0 Å². The van der Waals surface area contributed by atoms with E-state index in [-0.39, 0.29) is 11.4 Å². The number of anilines is 1. The Labute approximate surface area is 122 Å². The predicted molar refractivity (Wildman–Crippen MR) is 82.8 cm³/mol. The number of hydrogen-bond acceptors (Lipinski definition) is 5. The zero-order chi connectivity index (χ0) is 15.4. The fourth-order valence-corrected chi connectivity index (χ4v) is 1.74. The van der Waals surface area contributed by atoms with Gasteiger partial charge in [0.2, 0.25) is 0 Å². The van der Waals surface area contributed by atoms with E-state index in [4.69, 9.17) is 0 Å². The molecule has 1 N–H and O–H groups in total. The molecule has 2 rings (SSSR count). The molecule has 0 aromatic heterocycles. The lowest BCUT2D eigenvalue weighted by Gasteiger charge is -2.11. The van der Waals surface area contributed by atoms with Crippen LogP contribution >= 0.6 is 0 Å². The van der Waals surface area contributed by atoms with Crippen molar-refractivity contribution in [1.82, 2.24) is 0 Å². The van der Waals surface area contributed by atoms with Crippen molar-refractivity contribution in [2.45, 2.75) is 0 Å². The molecule has 0 unspecified atom stereocenters. The van der Waals surface area contributed by atoms with E-state index in [0.717, 1.165) is 5.69 Å². The van der Waals surface area contributed by atoms with Crippen LogP contribution in [0.3, 0.4) is 0 Å². The van der Waals surface area contributed by atoms with Gasteiger partial charge in [0.25, 0.3) is 5.69 Å². The zero-order valence-corrected chi connectivity index (χ0v) is 11.7. The van der Waals surface area contributed by atoms with E-state index in [1.165, 1.54) is 24.4 Å². The molecule has 0 spiro atoms. The second-order valence-electron chi connectivity index (χ2n) is 4.67. The minimum Gasteiger partial charge on any atom is -0.507 e. The quantitative estimate of drug-likeness (QED) is 0.532. The number of nitro groups is 1. The third-order valence-electron chi connectivity index (χ3n) is 2.94. The molecule has 0 amide bonds. The molecule has 0 aliphatic heterocycles. The lowest BCUT2D eigenvalue weighted by Crippen LogP contribution is -2.07. The fraction of sp³-hybridized carbons (Fsp3) is 0.133. The van der Waals surface area contributed by atoms with Crippen molar-refractivity contribution in [2.24, 2.45) is 4.99 Å². The number of benzene rings is 2. The Bertz CT molecular complexity index is 679. The van der Waals surface area contributed by atoms with Crippen LogP contribution in [0, 0.1) is 10.1 Å². The smallest absolute Gasteiger partial charge is 0.270 e. The van der Waals surface area contributed by atoms with Crippen molar-refractivity contribution in [3.63, 3.8) is 0 Å². The standard InChI is InChI=1S/C15H15N3O3/c1-17(2)13-5-3-12(4-6-13)16-10-11-9-14(18(20)21)7-8-15(11)19/h3-10,19H,1-2H3. The first-order chi connectivity index (χ1) is 9.97. The van der Waals surface area contributed by atoms with E-state index >= 15 is 0 Å². The van der Waals surface area contributed by atoms with Gasteiger partial charge >= 0.3 is 0 Å². The Morgan fingerprint density at radius 3 is 2.43 bits per heavy atom. The monoisotopic (exact) mass is 285 g/mol. The van der Waals surface area contributed by atoms with E-state index in [1.807, 2.05) is 43.3 Å². The van der Waals surface area contributed by atoms with Crippen molar-refractivity contribution in [3.05, 3.63) is 58.1 Å². The first-order valence-corrected chi connectivity index (χ1v) is 6.26. The van der Waals surface area contributed by atoms with Crippen LogP contribution in [0.25, 0.3) is 0 Å². The third kappa shape index (κ3) is 3.56. The molecule has 6 nitrogen and oxygen atoms in total. The zero-order valence-electron chi connectivity index (χ0n) is 11.7. The van der Waals surface area contributed by atoms with Gasteiger partial charge in [0.05, 0.1) is 10.6 Å². The highest BCUT2D eigenvalue weighted by Crippen LogP contribution is 2.23. The van der Waals surface area contributed by atoms with Crippen LogP contribution in [0.5, 0.6) is 5.75 Å². The minimum absolute atomic E-state index is 0.0470. The van der Waals surface area contributed by atoms with Crippen LogP contribution in [0.2, 0.25) is 0 Å². The summed E-state index contributed by atoms with van der Waals surface area (Å²) in [7, 11) is 3.89. The molecule has 0 saturated heterocycles. The Balaban J connectivity index is 2.24. The number of aliphatic imine (C=N–C) groups is 1. The number of nitrogens with zero attached hydrogens (tertiary/aromatic N) is 3. The molecule has 0 saturated carbocycles. The number of rotatable bonds is 4. The summed E-state index contributed by atoms with van der Waals surface area (Å²) >= 11 is 0. The van der Waals surface area contributed by atoms with Crippen molar-refractivity contribution >= 4 is 23.3 Å². The molecule has 21 heavy (non-hydrogen) atoms. The molecule has 2 aromatic carbocycles.